The average molecular weight is 453 g/mol. The van der Waals surface area contributed by atoms with Crippen LogP contribution in [0.15, 0.2) is 30.6 Å². The van der Waals surface area contributed by atoms with Crippen LogP contribution in [0.25, 0.3) is 22.0 Å². The van der Waals surface area contributed by atoms with Crippen molar-refractivity contribution in [2.45, 2.75) is 13.0 Å². The van der Waals surface area contributed by atoms with Crippen LogP contribution in [0.3, 0.4) is 0 Å². The van der Waals surface area contributed by atoms with Crippen LogP contribution in [-0.4, -0.2) is 65.8 Å². The summed E-state index contributed by atoms with van der Waals surface area (Å²) in [6.07, 6.45) is 3.19. The smallest absolute Gasteiger partial charge is 0.329 e. The Hall–Kier alpha value is -2.39. The number of likely N-dealkylation sites (N-methyl/N-ethyl adjacent to an activating group) is 1. The Balaban J connectivity index is 1.98. The first-order valence-electron chi connectivity index (χ1n) is 9.29. The Morgan fingerprint density at radius 1 is 1.37 bits per heavy atom. The zero-order valence-corrected chi connectivity index (χ0v) is 18.1. The largest absolute Gasteiger partial charge is 0.480 e. The highest BCUT2D eigenvalue weighted by Crippen LogP contribution is 2.37. The maximum atomic E-state index is 10.7. The molecule has 0 radical (unpaired) electrons. The molecule has 0 saturated heterocycles. The van der Waals surface area contributed by atoms with Crippen molar-refractivity contribution in [3.8, 4) is 11.1 Å². The third kappa shape index (κ3) is 5.02. The summed E-state index contributed by atoms with van der Waals surface area (Å²) in [5.41, 5.74) is 2.40. The molecule has 8 nitrogen and oxygen atoms in total. The van der Waals surface area contributed by atoms with Gasteiger partial charge in [0.2, 0.25) is 0 Å². The molecule has 2 aromatic heterocycles. The number of carboxylic acids is 1. The molecule has 10 heteroatoms. The standard InChI is InChI=1S/C20H22Cl2N4O4/c1-3-26(9-13(29-2)10-30-11-18(27)28)17-6-15(12-7-23-24-8-12)14-4-5-16(21)19(22)20(14)25-17/h4-8,13H,3,9-11H2,1-2H3,(H,23,24)(H,27,28). The molecule has 0 saturated carbocycles. The Bertz CT molecular complexity index is 1010. The van der Waals surface area contributed by atoms with Crippen molar-refractivity contribution in [3.63, 3.8) is 0 Å². The molecular formula is C20H22Cl2N4O4. The molecule has 30 heavy (non-hydrogen) atoms. The minimum Gasteiger partial charge on any atom is -0.480 e. The number of carboxylic acid groups (broad SMARTS) is 1. The predicted molar refractivity (Wildman–Crippen MR) is 116 cm³/mol. The highest BCUT2D eigenvalue weighted by molar-refractivity contribution is 6.45. The second-order valence-corrected chi connectivity index (χ2v) is 7.36. The van der Waals surface area contributed by atoms with E-state index in [9.17, 15) is 4.79 Å². The van der Waals surface area contributed by atoms with Gasteiger partial charge < -0.3 is 19.5 Å². The quantitative estimate of drug-likeness (QED) is 0.481. The molecule has 3 rings (SSSR count). The molecule has 1 unspecified atom stereocenters. The zero-order chi connectivity index (χ0) is 21.7. The molecule has 0 aliphatic carbocycles. The van der Waals surface area contributed by atoms with E-state index < -0.39 is 5.97 Å². The summed E-state index contributed by atoms with van der Waals surface area (Å²) in [6.45, 7) is 2.86. The van der Waals surface area contributed by atoms with Crippen molar-refractivity contribution in [2.24, 2.45) is 0 Å². The molecule has 2 heterocycles. The second-order valence-electron chi connectivity index (χ2n) is 6.58. The summed E-state index contributed by atoms with van der Waals surface area (Å²) in [6, 6.07) is 5.60. The maximum Gasteiger partial charge on any atom is 0.329 e. The number of rotatable bonds is 10. The van der Waals surface area contributed by atoms with Crippen molar-refractivity contribution in [1.82, 2.24) is 15.2 Å². The Morgan fingerprint density at radius 3 is 2.80 bits per heavy atom. The van der Waals surface area contributed by atoms with E-state index in [2.05, 4.69) is 10.2 Å². The van der Waals surface area contributed by atoms with Gasteiger partial charge in [-0.25, -0.2) is 9.78 Å². The number of pyridine rings is 1. The van der Waals surface area contributed by atoms with Crippen LogP contribution in [-0.2, 0) is 14.3 Å². The van der Waals surface area contributed by atoms with Crippen LogP contribution < -0.4 is 4.90 Å². The molecule has 1 atom stereocenters. The van der Waals surface area contributed by atoms with Gasteiger partial charge in [0, 0.05) is 37.3 Å². The van der Waals surface area contributed by atoms with Gasteiger partial charge in [-0.05, 0) is 24.6 Å². The first kappa shape index (κ1) is 22.3. The summed E-state index contributed by atoms with van der Waals surface area (Å²) < 4.78 is 10.7. The molecule has 0 bridgehead atoms. The van der Waals surface area contributed by atoms with E-state index in [1.807, 2.05) is 24.0 Å². The van der Waals surface area contributed by atoms with Gasteiger partial charge in [-0.2, -0.15) is 5.10 Å². The van der Waals surface area contributed by atoms with Gasteiger partial charge in [0.15, 0.2) is 0 Å². The number of anilines is 1. The fourth-order valence-electron chi connectivity index (χ4n) is 3.12. The van der Waals surface area contributed by atoms with E-state index in [1.54, 1.807) is 25.6 Å². The summed E-state index contributed by atoms with van der Waals surface area (Å²) in [7, 11) is 1.56. The van der Waals surface area contributed by atoms with E-state index in [0.29, 0.717) is 34.5 Å². The normalized spacial score (nSPS) is 12.3. The predicted octanol–water partition coefficient (Wildman–Crippen LogP) is 3.87. The lowest BCUT2D eigenvalue weighted by Gasteiger charge is -2.27. The molecule has 0 aliphatic rings. The summed E-state index contributed by atoms with van der Waals surface area (Å²) in [5, 5.41) is 17.3. The summed E-state index contributed by atoms with van der Waals surface area (Å²) in [5.74, 6) is -0.338. The lowest BCUT2D eigenvalue weighted by atomic mass is 10.0. The van der Waals surface area contributed by atoms with Crippen LogP contribution in [0.5, 0.6) is 0 Å². The Labute approximate surface area is 183 Å². The molecule has 0 aliphatic heterocycles. The highest BCUT2D eigenvalue weighted by Gasteiger charge is 2.19. The fraction of sp³-hybridized carbons (Fsp3) is 0.350. The average Bonchev–Trinajstić information content (AvgIpc) is 3.27. The van der Waals surface area contributed by atoms with E-state index in [1.165, 1.54) is 0 Å². The number of carbonyl (C=O) groups is 1. The van der Waals surface area contributed by atoms with Crippen LogP contribution in [0, 0.1) is 0 Å². The third-order valence-electron chi connectivity index (χ3n) is 4.66. The van der Waals surface area contributed by atoms with Crippen LogP contribution in [0.1, 0.15) is 6.92 Å². The first-order valence-corrected chi connectivity index (χ1v) is 10.0. The zero-order valence-electron chi connectivity index (χ0n) is 16.6. The van der Waals surface area contributed by atoms with Gasteiger partial charge in [0.05, 0.1) is 34.5 Å². The number of ether oxygens (including phenoxy) is 2. The van der Waals surface area contributed by atoms with Crippen LogP contribution >= 0.6 is 23.2 Å². The van der Waals surface area contributed by atoms with Crippen molar-refractivity contribution in [2.75, 3.05) is 38.3 Å². The maximum absolute atomic E-state index is 10.7. The number of aliphatic carboxylic acids is 1. The number of benzene rings is 1. The molecule has 0 fully saturated rings. The molecule has 1 aromatic carbocycles. The minimum atomic E-state index is -1.02. The van der Waals surface area contributed by atoms with Crippen molar-refractivity contribution < 1.29 is 19.4 Å². The number of aromatic nitrogens is 3. The first-order chi connectivity index (χ1) is 14.4. The molecular weight excluding hydrogens is 431 g/mol. The number of hydrogen-bond acceptors (Lipinski definition) is 6. The van der Waals surface area contributed by atoms with Crippen molar-refractivity contribution >= 4 is 45.9 Å². The number of fused-ring (bicyclic) bond motifs is 1. The van der Waals surface area contributed by atoms with Crippen LogP contribution in [0.2, 0.25) is 10.0 Å². The van der Waals surface area contributed by atoms with Gasteiger partial charge >= 0.3 is 5.97 Å². The van der Waals surface area contributed by atoms with Gasteiger partial charge in [-0.3, -0.25) is 5.10 Å². The third-order valence-corrected chi connectivity index (χ3v) is 5.45. The summed E-state index contributed by atoms with van der Waals surface area (Å²) in [4.78, 5) is 17.5. The lowest BCUT2D eigenvalue weighted by molar-refractivity contribution is -0.143. The molecule has 2 N–H and O–H groups in total. The van der Waals surface area contributed by atoms with Crippen molar-refractivity contribution in [1.29, 1.82) is 0 Å². The van der Waals surface area contributed by atoms with Gasteiger partial charge in [-0.15, -0.1) is 0 Å². The number of methoxy groups -OCH3 is 1. The van der Waals surface area contributed by atoms with Gasteiger partial charge in [0.25, 0.3) is 0 Å². The van der Waals surface area contributed by atoms with E-state index >= 15 is 0 Å². The fourth-order valence-corrected chi connectivity index (χ4v) is 3.48. The molecule has 3 aromatic rings. The highest BCUT2D eigenvalue weighted by atomic mass is 35.5. The van der Waals surface area contributed by atoms with E-state index in [4.69, 9.17) is 42.8 Å². The monoisotopic (exact) mass is 452 g/mol. The Morgan fingerprint density at radius 2 is 2.17 bits per heavy atom. The number of hydrogen-bond donors (Lipinski definition) is 2. The molecule has 0 amide bonds. The van der Waals surface area contributed by atoms with Crippen molar-refractivity contribution in [3.05, 3.63) is 40.6 Å². The topological polar surface area (TPSA) is 101 Å². The van der Waals surface area contributed by atoms with Gasteiger partial charge in [0.1, 0.15) is 12.4 Å². The van der Waals surface area contributed by atoms with Gasteiger partial charge in [-0.1, -0.05) is 29.3 Å². The Kier molecular flexibility index (Phi) is 7.49. The number of H-pyrrole nitrogens is 1. The molecule has 160 valence electrons. The number of nitrogens with one attached hydrogen (secondary N) is 1. The number of halogens is 2. The second kappa shape index (κ2) is 10.1. The minimum absolute atomic E-state index is 0.147. The van der Waals surface area contributed by atoms with E-state index in [0.717, 1.165) is 16.5 Å². The van der Waals surface area contributed by atoms with Crippen LogP contribution in [0.4, 0.5) is 5.82 Å². The van der Waals surface area contributed by atoms with E-state index in [-0.39, 0.29) is 19.3 Å². The lowest BCUT2D eigenvalue weighted by Crippen LogP contribution is -2.37. The number of aromatic amines is 1. The summed E-state index contributed by atoms with van der Waals surface area (Å²) >= 11 is 12.7. The molecule has 0 spiro atoms. The SMILES string of the molecule is CCN(CC(COCC(=O)O)OC)c1cc(-c2cn[nH]c2)c2ccc(Cl)c(Cl)c2n1. The number of nitrogens with zero attached hydrogens (tertiary/aromatic N) is 3.